The lowest BCUT2D eigenvalue weighted by Gasteiger charge is -2.32. The fourth-order valence-corrected chi connectivity index (χ4v) is 4.29. The zero-order valence-electron chi connectivity index (χ0n) is 11.9. The average molecular weight is 299 g/mol. The minimum atomic E-state index is -0.444. The third kappa shape index (κ3) is 2.47. The van der Waals surface area contributed by atoms with E-state index in [0.29, 0.717) is 31.0 Å². The summed E-state index contributed by atoms with van der Waals surface area (Å²) in [5.41, 5.74) is -0.444. The van der Waals surface area contributed by atoms with Crippen molar-refractivity contribution in [2.75, 3.05) is 38.9 Å². The molecule has 6 nitrogen and oxygen atoms in total. The van der Waals surface area contributed by atoms with Gasteiger partial charge in [-0.3, -0.25) is 0 Å². The van der Waals surface area contributed by atoms with Gasteiger partial charge < -0.3 is 19.3 Å². The van der Waals surface area contributed by atoms with E-state index in [0.717, 1.165) is 30.2 Å². The third-order valence-electron chi connectivity index (χ3n) is 4.31. The highest BCUT2D eigenvalue weighted by molar-refractivity contribution is 7.99. The molecule has 2 unspecified atom stereocenters. The molecule has 0 radical (unpaired) electrons. The van der Waals surface area contributed by atoms with Crippen molar-refractivity contribution < 1.29 is 14.0 Å². The SMILES string of the molecule is CNC1CSCC1c1nc(C2(OC)CCOCC2)no1. The largest absolute Gasteiger partial charge is 0.381 e. The first-order chi connectivity index (χ1) is 9.79. The van der Waals surface area contributed by atoms with Crippen LogP contribution in [0.2, 0.25) is 0 Å². The van der Waals surface area contributed by atoms with Crippen molar-refractivity contribution in [2.45, 2.75) is 30.4 Å². The molecule has 2 aliphatic rings. The van der Waals surface area contributed by atoms with Gasteiger partial charge in [0.2, 0.25) is 11.7 Å². The van der Waals surface area contributed by atoms with E-state index in [1.54, 1.807) is 7.11 Å². The molecule has 0 saturated carbocycles. The Kier molecular flexibility index (Phi) is 4.30. The first-order valence-corrected chi connectivity index (χ1v) is 8.16. The molecule has 0 aromatic carbocycles. The summed E-state index contributed by atoms with van der Waals surface area (Å²) < 4.78 is 16.6. The summed E-state index contributed by atoms with van der Waals surface area (Å²) in [5, 5.41) is 7.52. The first kappa shape index (κ1) is 14.3. The highest BCUT2D eigenvalue weighted by atomic mass is 32.2. The molecule has 7 heteroatoms. The summed E-state index contributed by atoms with van der Waals surface area (Å²) in [7, 11) is 3.69. The van der Waals surface area contributed by atoms with Crippen molar-refractivity contribution in [1.29, 1.82) is 0 Å². The number of ether oxygens (including phenoxy) is 2. The van der Waals surface area contributed by atoms with Crippen molar-refractivity contribution >= 4 is 11.8 Å². The highest BCUT2D eigenvalue weighted by Crippen LogP contribution is 2.36. The van der Waals surface area contributed by atoms with Gasteiger partial charge in [0.1, 0.15) is 5.60 Å². The van der Waals surface area contributed by atoms with Crippen LogP contribution in [-0.4, -0.2) is 55.1 Å². The van der Waals surface area contributed by atoms with E-state index in [1.807, 2.05) is 18.8 Å². The number of rotatable bonds is 4. The maximum absolute atomic E-state index is 5.71. The molecule has 20 heavy (non-hydrogen) atoms. The number of likely N-dealkylation sites (N-methyl/N-ethyl adjacent to an activating group) is 1. The molecular formula is C13H21N3O3S. The quantitative estimate of drug-likeness (QED) is 0.894. The fourth-order valence-electron chi connectivity index (χ4n) is 2.87. The van der Waals surface area contributed by atoms with E-state index in [4.69, 9.17) is 14.0 Å². The second kappa shape index (κ2) is 6.01. The van der Waals surface area contributed by atoms with Crippen molar-refractivity contribution in [2.24, 2.45) is 0 Å². The normalized spacial score (nSPS) is 29.7. The van der Waals surface area contributed by atoms with Gasteiger partial charge in [0.25, 0.3) is 0 Å². The van der Waals surface area contributed by atoms with Crippen LogP contribution < -0.4 is 5.32 Å². The monoisotopic (exact) mass is 299 g/mol. The Labute approximate surface area is 123 Å². The van der Waals surface area contributed by atoms with E-state index in [2.05, 4.69) is 15.5 Å². The van der Waals surface area contributed by atoms with Gasteiger partial charge in [-0.05, 0) is 7.05 Å². The molecule has 1 N–H and O–H groups in total. The van der Waals surface area contributed by atoms with Crippen molar-refractivity contribution in [3.63, 3.8) is 0 Å². The lowest BCUT2D eigenvalue weighted by molar-refractivity contribution is -0.101. The molecule has 1 aromatic rings. The predicted octanol–water partition coefficient (Wildman–Crippen LogP) is 1.14. The van der Waals surface area contributed by atoms with Gasteiger partial charge in [-0.15, -0.1) is 0 Å². The van der Waals surface area contributed by atoms with Crippen LogP contribution in [0.4, 0.5) is 0 Å². The summed E-state index contributed by atoms with van der Waals surface area (Å²) in [6, 6.07) is 0.404. The Morgan fingerprint density at radius 3 is 2.85 bits per heavy atom. The molecule has 0 aliphatic carbocycles. The van der Waals surface area contributed by atoms with E-state index < -0.39 is 5.60 Å². The Morgan fingerprint density at radius 1 is 1.35 bits per heavy atom. The molecule has 112 valence electrons. The van der Waals surface area contributed by atoms with Gasteiger partial charge in [-0.1, -0.05) is 5.16 Å². The molecule has 3 heterocycles. The van der Waals surface area contributed by atoms with Crippen molar-refractivity contribution in [3.05, 3.63) is 11.7 Å². The fraction of sp³-hybridized carbons (Fsp3) is 0.846. The van der Waals surface area contributed by atoms with Crippen LogP contribution in [0.15, 0.2) is 4.52 Å². The van der Waals surface area contributed by atoms with Crippen LogP contribution in [0.1, 0.15) is 30.5 Å². The van der Waals surface area contributed by atoms with Crippen LogP contribution in [0, 0.1) is 0 Å². The number of nitrogens with zero attached hydrogens (tertiary/aromatic N) is 2. The Hall–Kier alpha value is -0.630. The minimum absolute atomic E-state index is 0.292. The van der Waals surface area contributed by atoms with E-state index in [9.17, 15) is 0 Å². The van der Waals surface area contributed by atoms with Crippen molar-refractivity contribution in [3.8, 4) is 0 Å². The van der Waals surface area contributed by atoms with E-state index in [-0.39, 0.29) is 0 Å². The van der Waals surface area contributed by atoms with Crippen LogP contribution in [0.25, 0.3) is 0 Å². The number of hydrogen-bond donors (Lipinski definition) is 1. The molecule has 2 atom stereocenters. The standard InChI is InChI=1S/C13H21N3O3S/c1-14-10-8-20-7-9(10)11-15-12(16-19-11)13(17-2)3-5-18-6-4-13/h9-10,14H,3-8H2,1-2H3. The molecule has 2 fully saturated rings. The maximum Gasteiger partial charge on any atom is 0.232 e. The van der Waals surface area contributed by atoms with Gasteiger partial charge in [0.05, 0.1) is 5.92 Å². The van der Waals surface area contributed by atoms with Gasteiger partial charge in [0, 0.05) is 50.7 Å². The van der Waals surface area contributed by atoms with Crippen LogP contribution in [-0.2, 0) is 15.1 Å². The van der Waals surface area contributed by atoms with Crippen LogP contribution >= 0.6 is 11.8 Å². The lowest BCUT2D eigenvalue weighted by Crippen LogP contribution is -2.37. The summed E-state index contributed by atoms with van der Waals surface area (Å²) in [6.45, 7) is 1.35. The predicted molar refractivity (Wildman–Crippen MR) is 76.0 cm³/mol. The highest BCUT2D eigenvalue weighted by Gasteiger charge is 2.41. The van der Waals surface area contributed by atoms with E-state index >= 15 is 0 Å². The average Bonchev–Trinajstić information content (AvgIpc) is 3.16. The topological polar surface area (TPSA) is 69.4 Å². The smallest absolute Gasteiger partial charge is 0.232 e. The molecule has 3 rings (SSSR count). The molecular weight excluding hydrogens is 278 g/mol. The zero-order chi connectivity index (χ0) is 14.0. The molecule has 0 bridgehead atoms. The minimum Gasteiger partial charge on any atom is -0.381 e. The summed E-state index contributed by atoms with van der Waals surface area (Å²) in [6.07, 6.45) is 1.55. The van der Waals surface area contributed by atoms with Crippen LogP contribution in [0.5, 0.6) is 0 Å². The van der Waals surface area contributed by atoms with Crippen molar-refractivity contribution in [1.82, 2.24) is 15.5 Å². The molecule has 0 amide bonds. The number of nitrogens with one attached hydrogen (secondary N) is 1. The Balaban J connectivity index is 1.82. The van der Waals surface area contributed by atoms with E-state index in [1.165, 1.54) is 0 Å². The zero-order valence-corrected chi connectivity index (χ0v) is 12.7. The maximum atomic E-state index is 5.71. The molecule has 2 saturated heterocycles. The van der Waals surface area contributed by atoms with Gasteiger partial charge in [0.15, 0.2) is 0 Å². The van der Waals surface area contributed by atoms with Gasteiger partial charge >= 0.3 is 0 Å². The Morgan fingerprint density at radius 2 is 2.15 bits per heavy atom. The molecule has 1 aromatic heterocycles. The summed E-state index contributed by atoms with van der Waals surface area (Å²) in [4.78, 5) is 4.65. The third-order valence-corrected chi connectivity index (χ3v) is 5.50. The number of thioether (sulfide) groups is 1. The summed E-state index contributed by atoms with van der Waals surface area (Å²) >= 11 is 1.92. The van der Waals surface area contributed by atoms with Gasteiger partial charge in [-0.25, -0.2) is 0 Å². The number of methoxy groups -OCH3 is 1. The number of hydrogen-bond acceptors (Lipinski definition) is 7. The van der Waals surface area contributed by atoms with Gasteiger partial charge in [-0.2, -0.15) is 16.7 Å². The number of aromatic nitrogens is 2. The second-order valence-electron chi connectivity index (χ2n) is 5.31. The first-order valence-electron chi connectivity index (χ1n) is 7.01. The Bertz CT molecular complexity index is 448. The lowest BCUT2D eigenvalue weighted by atomic mass is 9.93. The molecule has 0 spiro atoms. The summed E-state index contributed by atoms with van der Waals surface area (Å²) in [5.74, 6) is 3.80. The van der Waals surface area contributed by atoms with Crippen LogP contribution in [0.3, 0.4) is 0 Å². The molecule has 2 aliphatic heterocycles. The second-order valence-corrected chi connectivity index (χ2v) is 6.38.